The van der Waals surface area contributed by atoms with Crippen LogP contribution in [0, 0.1) is 0 Å². The Balaban J connectivity index is 2.11. The van der Waals surface area contributed by atoms with Crippen LogP contribution in [0.2, 0.25) is 0 Å². The highest BCUT2D eigenvalue weighted by atomic mass is 16.5. The Kier molecular flexibility index (Phi) is 2.49. The van der Waals surface area contributed by atoms with Gasteiger partial charge in [-0.2, -0.15) is 0 Å². The molecule has 2 nitrogen and oxygen atoms in total. The van der Waals surface area contributed by atoms with Crippen LogP contribution in [0.3, 0.4) is 0 Å². The maximum atomic E-state index is 5.42. The molecule has 0 aromatic carbocycles. The maximum Gasteiger partial charge on any atom is 0.0702 e. The molecule has 0 saturated carbocycles. The number of hydrogen-bond donors (Lipinski definition) is 0. The Bertz CT molecular complexity index is 77.0. The van der Waals surface area contributed by atoms with E-state index in [2.05, 4.69) is 19.0 Å². The average molecular weight is 129 g/mol. The van der Waals surface area contributed by atoms with Crippen LogP contribution < -0.4 is 0 Å². The van der Waals surface area contributed by atoms with Crippen LogP contribution in [-0.4, -0.2) is 38.3 Å². The van der Waals surface area contributed by atoms with E-state index >= 15 is 0 Å². The molecule has 9 heavy (non-hydrogen) atoms. The summed E-state index contributed by atoms with van der Waals surface area (Å²) in [7, 11) is 4.17. The summed E-state index contributed by atoms with van der Waals surface area (Å²) < 4.78 is 5.42. The average Bonchev–Trinajstić information content (AvgIpc) is 2.15. The number of likely N-dealkylation sites (N-methyl/N-ethyl adjacent to an activating group) is 1. The molecule has 0 aliphatic carbocycles. The smallest absolute Gasteiger partial charge is 0.0702 e. The van der Waals surface area contributed by atoms with E-state index in [0.29, 0.717) is 6.10 Å². The van der Waals surface area contributed by atoms with Crippen molar-refractivity contribution in [2.75, 3.05) is 27.2 Å². The second-order valence-electron chi connectivity index (χ2n) is 2.90. The van der Waals surface area contributed by atoms with Gasteiger partial charge in [-0.15, -0.1) is 0 Å². The van der Waals surface area contributed by atoms with Crippen molar-refractivity contribution in [2.45, 2.75) is 18.9 Å². The summed E-state index contributed by atoms with van der Waals surface area (Å²) in [5.74, 6) is 0. The van der Waals surface area contributed by atoms with Gasteiger partial charge in [0.25, 0.3) is 0 Å². The van der Waals surface area contributed by atoms with Crippen LogP contribution in [-0.2, 0) is 4.74 Å². The van der Waals surface area contributed by atoms with Gasteiger partial charge >= 0.3 is 0 Å². The first-order valence-corrected chi connectivity index (χ1v) is 3.55. The first kappa shape index (κ1) is 7.03. The van der Waals surface area contributed by atoms with Crippen molar-refractivity contribution < 1.29 is 4.74 Å². The molecule has 0 aromatic heterocycles. The van der Waals surface area contributed by atoms with Crippen LogP contribution in [0.25, 0.3) is 0 Å². The van der Waals surface area contributed by atoms with Gasteiger partial charge in [-0.25, -0.2) is 0 Å². The lowest BCUT2D eigenvalue weighted by molar-refractivity contribution is 0.0878. The van der Waals surface area contributed by atoms with E-state index < -0.39 is 0 Å². The molecule has 1 rings (SSSR count). The fraction of sp³-hybridized carbons (Fsp3) is 1.00. The van der Waals surface area contributed by atoms with E-state index in [1.54, 1.807) is 0 Å². The molecule has 1 atom stereocenters. The van der Waals surface area contributed by atoms with Gasteiger partial charge in [-0.1, -0.05) is 0 Å². The molecule has 1 heterocycles. The van der Waals surface area contributed by atoms with E-state index in [4.69, 9.17) is 4.74 Å². The number of rotatable bonds is 2. The van der Waals surface area contributed by atoms with E-state index in [-0.39, 0.29) is 0 Å². The molecular weight excluding hydrogens is 114 g/mol. The van der Waals surface area contributed by atoms with Crippen molar-refractivity contribution in [3.63, 3.8) is 0 Å². The van der Waals surface area contributed by atoms with Crippen molar-refractivity contribution in [1.82, 2.24) is 4.90 Å². The molecule has 1 aliphatic heterocycles. The fourth-order valence-corrected chi connectivity index (χ4v) is 1.20. The number of nitrogens with zero attached hydrogens (tertiary/aromatic N) is 1. The summed E-state index contributed by atoms with van der Waals surface area (Å²) in [5, 5.41) is 0. The van der Waals surface area contributed by atoms with E-state index in [9.17, 15) is 0 Å². The standard InChI is InChI=1S/C7H15NO/c1-8(2)6-7-4-3-5-9-7/h7H,3-6H2,1-2H3/t7-/m0/s1. The largest absolute Gasteiger partial charge is 0.377 e. The molecule has 0 spiro atoms. The van der Waals surface area contributed by atoms with Crippen molar-refractivity contribution >= 4 is 0 Å². The first-order chi connectivity index (χ1) is 4.29. The minimum atomic E-state index is 0.514. The molecule has 2 heteroatoms. The molecule has 1 aliphatic rings. The van der Waals surface area contributed by atoms with Gasteiger partial charge in [0.05, 0.1) is 6.10 Å². The predicted octanol–water partition coefficient (Wildman–Crippen LogP) is 0.727. The molecular formula is C7H15NO. The Hall–Kier alpha value is -0.0800. The quantitative estimate of drug-likeness (QED) is 0.545. The van der Waals surface area contributed by atoms with Crippen molar-refractivity contribution in [3.8, 4) is 0 Å². The Morgan fingerprint density at radius 3 is 2.78 bits per heavy atom. The predicted molar refractivity (Wildman–Crippen MR) is 37.5 cm³/mol. The van der Waals surface area contributed by atoms with E-state index in [1.165, 1.54) is 12.8 Å². The third-order valence-electron chi connectivity index (χ3n) is 1.59. The first-order valence-electron chi connectivity index (χ1n) is 3.55. The van der Waals surface area contributed by atoms with Crippen LogP contribution in [0.4, 0.5) is 0 Å². The Morgan fingerprint density at radius 2 is 2.33 bits per heavy atom. The monoisotopic (exact) mass is 129 g/mol. The number of hydrogen-bond acceptors (Lipinski definition) is 2. The molecule has 0 amide bonds. The van der Waals surface area contributed by atoms with Gasteiger partial charge in [-0.3, -0.25) is 0 Å². The maximum absolute atomic E-state index is 5.42. The van der Waals surface area contributed by atoms with Crippen LogP contribution in [0.1, 0.15) is 12.8 Å². The van der Waals surface area contributed by atoms with Crippen LogP contribution in [0.5, 0.6) is 0 Å². The minimum absolute atomic E-state index is 0.514. The van der Waals surface area contributed by atoms with E-state index in [1.807, 2.05) is 0 Å². The Labute approximate surface area is 56.8 Å². The zero-order valence-corrected chi connectivity index (χ0v) is 6.26. The van der Waals surface area contributed by atoms with Crippen molar-refractivity contribution in [1.29, 1.82) is 0 Å². The lowest BCUT2D eigenvalue weighted by Gasteiger charge is -2.14. The van der Waals surface area contributed by atoms with Gasteiger partial charge in [-0.05, 0) is 26.9 Å². The van der Waals surface area contributed by atoms with Crippen LogP contribution >= 0.6 is 0 Å². The highest BCUT2D eigenvalue weighted by Crippen LogP contribution is 2.11. The molecule has 1 fully saturated rings. The third-order valence-corrected chi connectivity index (χ3v) is 1.59. The second-order valence-corrected chi connectivity index (χ2v) is 2.90. The van der Waals surface area contributed by atoms with Crippen molar-refractivity contribution in [3.05, 3.63) is 0 Å². The van der Waals surface area contributed by atoms with Gasteiger partial charge in [0.2, 0.25) is 0 Å². The zero-order valence-electron chi connectivity index (χ0n) is 6.26. The lowest BCUT2D eigenvalue weighted by atomic mass is 10.2. The molecule has 0 bridgehead atoms. The summed E-state index contributed by atoms with van der Waals surface area (Å²) >= 11 is 0. The van der Waals surface area contributed by atoms with Gasteiger partial charge in [0.15, 0.2) is 0 Å². The molecule has 0 N–H and O–H groups in total. The summed E-state index contributed by atoms with van der Waals surface area (Å²) in [6.07, 6.45) is 3.01. The molecule has 0 aromatic rings. The molecule has 0 unspecified atom stereocenters. The van der Waals surface area contributed by atoms with E-state index in [0.717, 1.165) is 13.2 Å². The van der Waals surface area contributed by atoms with Crippen molar-refractivity contribution in [2.24, 2.45) is 0 Å². The Morgan fingerprint density at radius 1 is 1.56 bits per heavy atom. The number of ether oxygens (including phenoxy) is 1. The summed E-state index contributed by atoms with van der Waals surface area (Å²) in [6.45, 7) is 2.05. The summed E-state index contributed by atoms with van der Waals surface area (Å²) in [6, 6.07) is 0. The van der Waals surface area contributed by atoms with Crippen LogP contribution in [0.15, 0.2) is 0 Å². The highest BCUT2D eigenvalue weighted by Gasteiger charge is 2.15. The zero-order chi connectivity index (χ0) is 6.69. The summed E-state index contributed by atoms with van der Waals surface area (Å²) in [5.41, 5.74) is 0. The van der Waals surface area contributed by atoms with Gasteiger partial charge in [0.1, 0.15) is 0 Å². The normalized spacial score (nSPS) is 27.7. The molecule has 0 radical (unpaired) electrons. The third kappa shape index (κ3) is 2.33. The van der Waals surface area contributed by atoms with Gasteiger partial charge < -0.3 is 9.64 Å². The summed E-state index contributed by atoms with van der Waals surface area (Å²) in [4.78, 5) is 2.18. The fourth-order valence-electron chi connectivity index (χ4n) is 1.20. The minimum Gasteiger partial charge on any atom is -0.377 e. The highest BCUT2D eigenvalue weighted by molar-refractivity contribution is 4.66. The molecule has 54 valence electrons. The lowest BCUT2D eigenvalue weighted by Crippen LogP contribution is -2.24. The topological polar surface area (TPSA) is 12.5 Å². The molecule has 1 saturated heterocycles. The SMILES string of the molecule is CN(C)C[C@@H]1CCCO1. The second kappa shape index (κ2) is 3.18. The van der Waals surface area contributed by atoms with Gasteiger partial charge in [0, 0.05) is 13.2 Å².